The van der Waals surface area contributed by atoms with E-state index in [-0.39, 0.29) is 11.8 Å². The predicted molar refractivity (Wildman–Crippen MR) is 68.0 cm³/mol. The van der Waals surface area contributed by atoms with Crippen molar-refractivity contribution in [3.63, 3.8) is 0 Å². The highest BCUT2D eigenvalue weighted by Gasteiger charge is 2.28. The Morgan fingerprint density at radius 1 is 1.39 bits per heavy atom. The number of hydrogen-bond acceptors (Lipinski definition) is 3. The maximum absolute atomic E-state index is 11.9. The van der Waals surface area contributed by atoms with Crippen LogP contribution in [0.15, 0.2) is 29.8 Å². The van der Waals surface area contributed by atoms with Crippen molar-refractivity contribution < 1.29 is 14.3 Å². The summed E-state index contributed by atoms with van der Waals surface area (Å²) in [6.45, 7) is 1.87. The van der Waals surface area contributed by atoms with Crippen LogP contribution in [0.1, 0.15) is 18.9 Å². The van der Waals surface area contributed by atoms with E-state index in [2.05, 4.69) is 0 Å². The Balaban J connectivity index is 2.30. The summed E-state index contributed by atoms with van der Waals surface area (Å²) < 4.78 is 5.23. The zero-order chi connectivity index (χ0) is 13.1. The van der Waals surface area contributed by atoms with E-state index in [1.807, 2.05) is 24.3 Å². The Labute approximate surface area is 106 Å². The second-order valence-electron chi connectivity index (χ2n) is 4.14. The first-order valence-electron chi connectivity index (χ1n) is 5.79. The number of carbonyl (C=O) groups excluding carboxylic acids is 2. The molecule has 4 heteroatoms. The van der Waals surface area contributed by atoms with Crippen molar-refractivity contribution >= 4 is 17.9 Å². The van der Waals surface area contributed by atoms with Crippen molar-refractivity contribution in [2.75, 3.05) is 13.7 Å². The van der Waals surface area contributed by atoms with Crippen LogP contribution in [0.3, 0.4) is 0 Å². The van der Waals surface area contributed by atoms with E-state index in [1.165, 1.54) is 11.8 Å². The van der Waals surface area contributed by atoms with Gasteiger partial charge in [0.2, 0.25) is 5.91 Å². The Morgan fingerprint density at radius 3 is 2.72 bits per heavy atom. The predicted octanol–water partition coefficient (Wildman–Crippen LogP) is 1.86. The van der Waals surface area contributed by atoms with Gasteiger partial charge in [0.1, 0.15) is 5.75 Å². The van der Waals surface area contributed by atoms with Crippen LogP contribution in [0.4, 0.5) is 0 Å². The lowest BCUT2D eigenvalue weighted by atomic mass is 10.1. The Morgan fingerprint density at radius 2 is 2.11 bits per heavy atom. The van der Waals surface area contributed by atoms with Gasteiger partial charge in [-0.2, -0.15) is 0 Å². The fourth-order valence-electron chi connectivity index (χ4n) is 2.02. The number of nitrogens with zero attached hydrogens (tertiary/aromatic N) is 1. The summed E-state index contributed by atoms with van der Waals surface area (Å²) in [5, 5.41) is 0. The van der Waals surface area contributed by atoms with Gasteiger partial charge < -0.3 is 4.74 Å². The second kappa shape index (κ2) is 5.04. The quantitative estimate of drug-likeness (QED) is 0.747. The highest BCUT2D eigenvalue weighted by Crippen LogP contribution is 2.25. The van der Waals surface area contributed by atoms with Gasteiger partial charge >= 0.3 is 0 Å². The first-order valence-corrected chi connectivity index (χ1v) is 5.79. The number of methoxy groups -OCH3 is 1. The molecule has 0 N–H and O–H groups in total. The van der Waals surface area contributed by atoms with Crippen molar-refractivity contribution in [1.29, 1.82) is 0 Å². The lowest BCUT2D eigenvalue weighted by Gasteiger charge is -2.09. The number of imide groups is 1. The first kappa shape index (κ1) is 12.4. The molecule has 1 heterocycles. The van der Waals surface area contributed by atoms with Gasteiger partial charge in [0, 0.05) is 24.6 Å². The normalized spacial score (nSPS) is 17.3. The van der Waals surface area contributed by atoms with Gasteiger partial charge in [-0.3, -0.25) is 14.5 Å². The lowest BCUT2D eigenvalue weighted by Crippen LogP contribution is -2.29. The highest BCUT2D eigenvalue weighted by molar-refractivity contribution is 6.08. The molecule has 2 rings (SSSR count). The van der Waals surface area contributed by atoms with Crippen LogP contribution in [-0.2, 0) is 9.59 Å². The topological polar surface area (TPSA) is 46.6 Å². The molecule has 1 aliphatic heterocycles. The van der Waals surface area contributed by atoms with Crippen LogP contribution >= 0.6 is 0 Å². The van der Waals surface area contributed by atoms with Crippen LogP contribution in [-0.4, -0.2) is 30.4 Å². The van der Waals surface area contributed by atoms with E-state index in [4.69, 9.17) is 4.74 Å². The average molecular weight is 245 g/mol. The van der Waals surface area contributed by atoms with Crippen molar-refractivity contribution in [1.82, 2.24) is 4.90 Å². The molecular formula is C14H15NO3. The molecule has 0 aromatic heterocycles. The van der Waals surface area contributed by atoms with E-state index in [1.54, 1.807) is 13.2 Å². The number of hydrogen-bond donors (Lipinski definition) is 0. The number of carbonyl (C=O) groups is 2. The Hall–Kier alpha value is -2.10. The van der Waals surface area contributed by atoms with Gasteiger partial charge in [0.05, 0.1) is 7.11 Å². The van der Waals surface area contributed by atoms with Crippen molar-refractivity contribution in [2.45, 2.75) is 13.3 Å². The van der Waals surface area contributed by atoms with Gasteiger partial charge in [-0.05, 0) is 18.6 Å². The number of para-hydroxylation sites is 1. The summed E-state index contributed by atoms with van der Waals surface area (Å²) >= 11 is 0. The van der Waals surface area contributed by atoms with Crippen LogP contribution in [0.5, 0.6) is 5.75 Å². The summed E-state index contributed by atoms with van der Waals surface area (Å²) in [5.74, 6) is 0.316. The maximum atomic E-state index is 11.9. The molecule has 2 amide bonds. The van der Waals surface area contributed by atoms with Crippen LogP contribution in [0.25, 0.3) is 6.08 Å². The summed E-state index contributed by atoms with van der Waals surface area (Å²) in [7, 11) is 1.59. The zero-order valence-corrected chi connectivity index (χ0v) is 10.5. The van der Waals surface area contributed by atoms with E-state index < -0.39 is 0 Å². The molecule has 1 saturated heterocycles. The number of rotatable bonds is 2. The van der Waals surface area contributed by atoms with Crippen molar-refractivity contribution in [3.8, 4) is 5.75 Å². The number of benzene rings is 1. The highest BCUT2D eigenvalue weighted by atomic mass is 16.5. The first-order chi connectivity index (χ1) is 8.63. The molecule has 0 bridgehead atoms. The van der Waals surface area contributed by atoms with E-state index >= 15 is 0 Å². The van der Waals surface area contributed by atoms with E-state index in [9.17, 15) is 9.59 Å². The third-order valence-electron chi connectivity index (χ3n) is 2.97. The smallest absolute Gasteiger partial charge is 0.256 e. The third kappa shape index (κ3) is 2.27. The van der Waals surface area contributed by atoms with Gasteiger partial charge in [-0.15, -0.1) is 0 Å². The summed E-state index contributed by atoms with van der Waals surface area (Å²) in [6, 6.07) is 7.49. The van der Waals surface area contributed by atoms with Crippen molar-refractivity contribution in [2.24, 2.45) is 0 Å². The monoisotopic (exact) mass is 245 g/mol. The molecule has 0 atom stereocenters. The lowest BCUT2D eigenvalue weighted by molar-refractivity contribution is -0.138. The van der Waals surface area contributed by atoms with E-state index in [0.717, 1.165) is 11.3 Å². The largest absolute Gasteiger partial charge is 0.496 e. The average Bonchev–Trinajstić information content (AvgIpc) is 2.72. The van der Waals surface area contributed by atoms with Crippen LogP contribution in [0.2, 0.25) is 0 Å². The van der Waals surface area contributed by atoms with Gasteiger partial charge in [-0.25, -0.2) is 0 Å². The molecule has 94 valence electrons. The van der Waals surface area contributed by atoms with Crippen LogP contribution in [0, 0.1) is 0 Å². The SMILES string of the molecule is COc1ccccc1/C=C1/CCN(C(C)=O)C1=O. The zero-order valence-electron chi connectivity index (χ0n) is 10.5. The third-order valence-corrected chi connectivity index (χ3v) is 2.97. The number of likely N-dealkylation sites (tertiary alicyclic amines) is 1. The molecule has 0 saturated carbocycles. The summed E-state index contributed by atoms with van der Waals surface area (Å²) in [6.07, 6.45) is 2.39. The molecule has 1 aliphatic rings. The molecule has 1 fully saturated rings. The Kier molecular flexibility index (Phi) is 3.46. The molecule has 0 unspecified atom stereocenters. The Bertz CT molecular complexity index is 520. The van der Waals surface area contributed by atoms with Crippen molar-refractivity contribution in [3.05, 3.63) is 35.4 Å². The van der Waals surface area contributed by atoms with Crippen LogP contribution < -0.4 is 4.74 Å². The maximum Gasteiger partial charge on any atom is 0.256 e. The van der Waals surface area contributed by atoms with Gasteiger partial charge in [-0.1, -0.05) is 18.2 Å². The molecule has 1 aromatic rings. The second-order valence-corrected chi connectivity index (χ2v) is 4.14. The van der Waals surface area contributed by atoms with Gasteiger partial charge in [0.25, 0.3) is 5.91 Å². The summed E-state index contributed by atoms with van der Waals surface area (Å²) in [4.78, 5) is 24.4. The molecule has 0 radical (unpaired) electrons. The minimum atomic E-state index is -0.205. The fourth-order valence-corrected chi connectivity index (χ4v) is 2.02. The molecule has 0 aliphatic carbocycles. The molecule has 4 nitrogen and oxygen atoms in total. The summed E-state index contributed by atoms with van der Waals surface area (Å²) in [5.41, 5.74) is 1.50. The van der Waals surface area contributed by atoms with E-state index in [0.29, 0.717) is 18.5 Å². The van der Waals surface area contributed by atoms with Gasteiger partial charge in [0.15, 0.2) is 0 Å². The molecule has 0 spiro atoms. The standard InChI is InChI=1S/C14H15NO3/c1-10(16)15-8-7-12(14(15)17)9-11-5-3-4-6-13(11)18-2/h3-6,9H,7-8H2,1-2H3/b12-9-. The minimum absolute atomic E-state index is 0.201. The molecule has 1 aromatic carbocycles. The number of amides is 2. The molecular weight excluding hydrogens is 230 g/mol. The number of ether oxygens (including phenoxy) is 1. The minimum Gasteiger partial charge on any atom is -0.496 e. The fraction of sp³-hybridized carbons (Fsp3) is 0.286. The molecule has 18 heavy (non-hydrogen) atoms.